The van der Waals surface area contributed by atoms with Crippen LogP contribution in [0.5, 0.6) is 0 Å². The van der Waals surface area contributed by atoms with Gasteiger partial charge in [-0.05, 0) is 91.7 Å². The molecule has 0 radical (unpaired) electrons. The molecule has 6 heterocycles. The first-order chi connectivity index (χ1) is 27.8. The molecule has 2 aromatic heterocycles. The van der Waals surface area contributed by atoms with Gasteiger partial charge in [-0.1, -0.05) is 27.7 Å². The summed E-state index contributed by atoms with van der Waals surface area (Å²) in [6.45, 7) is 17.2. The summed E-state index contributed by atoms with van der Waals surface area (Å²) in [4.78, 5) is 72.2. The maximum Gasteiger partial charge on any atom is 0.411 e. The lowest BCUT2D eigenvalue weighted by atomic mass is 9.73. The molecule has 2 aromatic rings. The van der Waals surface area contributed by atoms with Crippen molar-refractivity contribution in [2.75, 3.05) is 34.3 Å². The number of aromatic nitrogens is 2. The average molecular weight is 824 g/mol. The number of ether oxygens (including phenoxy) is 5. The zero-order chi connectivity index (χ0) is 43.3. The minimum Gasteiger partial charge on any atom is -0.458 e. The van der Waals surface area contributed by atoms with Crippen LogP contribution in [-0.4, -0.2) is 148 Å². The average Bonchev–Trinajstić information content (AvgIpc) is 3.46. The number of aliphatic hydroxyl groups is 1. The number of rotatable bonds is 8. The fourth-order valence-corrected chi connectivity index (χ4v) is 10.3. The van der Waals surface area contributed by atoms with Crippen molar-refractivity contribution in [1.29, 1.82) is 0 Å². The Bertz CT molecular complexity index is 1870. The topological polar surface area (TPSA) is 170 Å². The first kappa shape index (κ1) is 44.9. The van der Waals surface area contributed by atoms with Crippen LogP contribution in [0.15, 0.2) is 30.6 Å². The Balaban J connectivity index is 1.33. The summed E-state index contributed by atoms with van der Waals surface area (Å²) in [5.74, 6) is -4.97. The molecule has 1 N–H and O–H groups in total. The number of likely N-dealkylation sites (tertiary alicyclic amines) is 1. The largest absolute Gasteiger partial charge is 0.458 e. The number of likely N-dealkylation sites (N-methyl/N-ethyl adjacent to an activating group) is 1. The van der Waals surface area contributed by atoms with Crippen LogP contribution in [0.3, 0.4) is 0 Å². The minimum atomic E-state index is -1.42. The Morgan fingerprint density at radius 3 is 2.32 bits per heavy atom. The fourth-order valence-electron chi connectivity index (χ4n) is 10.3. The molecule has 0 spiro atoms. The number of carbonyl (C=O) groups excluding carboxylic acids is 4. The molecule has 0 bridgehead atoms. The molecule has 4 fully saturated rings. The van der Waals surface area contributed by atoms with Gasteiger partial charge in [0.1, 0.15) is 23.9 Å². The van der Waals surface area contributed by atoms with Gasteiger partial charge < -0.3 is 33.7 Å². The molecule has 0 aromatic carbocycles. The number of hydrogen-bond donors (Lipinski definition) is 1. The van der Waals surface area contributed by atoms with E-state index in [9.17, 15) is 24.3 Å². The van der Waals surface area contributed by atoms with Gasteiger partial charge >= 0.3 is 12.1 Å². The number of carbonyl (C=O) groups is 4. The molecular formula is C44H65N5O10. The number of nitrogens with zero attached hydrogens (tertiary/aromatic N) is 5. The quantitative estimate of drug-likeness (QED) is 0.290. The van der Waals surface area contributed by atoms with Gasteiger partial charge in [0.05, 0.1) is 29.9 Å². The van der Waals surface area contributed by atoms with E-state index < -0.39 is 83.4 Å². The first-order valence-electron chi connectivity index (χ1n) is 21.2. The van der Waals surface area contributed by atoms with E-state index in [4.69, 9.17) is 23.7 Å². The molecule has 0 saturated carbocycles. The normalized spacial score (nSPS) is 38.7. The van der Waals surface area contributed by atoms with Gasteiger partial charge in [0.25, 0.3) is 0 Å². The number of fused-ring (bicyclic) bond motifs is 2. The van der Waals surface area contributed by atoms with E-state index in [1.807, 2.05) is 64.9 Å². The number of aliphatic hydroxyl groups excluding tert-OH is 1. The van der Waals surface area contributed by atoms with Gasteiger partial charge in [-0.3, -0.25) is 24.2 Å². The van der Waals surface area contributed by atoms with Crippen molar-refractivity contribution in [2.45, 2.75) is 148 Å². The van der Waals surface area contributed by atoms with Gasteiger partial charge in [-0.25, -0.2) is 14.8 Å². The zero-order valence-corrected chi connectivity index (χ0v) is 36.8. The molecule has 14 atom stereocenters. The molecule has 15 heteroatoms. The van der Waals surface area contributed by atoms with Gasteiger partial charge in [0.2, 0.25) is 0 Å². The molecular weight excluding hydrogens is 759 g/mol. The number of ketones is 2. The molecule has 4 saturated heterocycles. The van der Waals surface area contributed by atoms with Crippen LogP contribution in [0.25, 0.3) is 11.0 Å². The van der Waals surface area contributed by atoms with Crippen molar-refractivity contribution < 1.29 is 48.0 Å². The van der Waals surface area contributed by atoms with Crippen molar-refractivity contribution >= 4 is 34.7 Å². The number of hydrogen-bond acceptors (Lipinski definition) is 14. The Morgan fingerprint density at radius 2 is 1.68 bits per heavy atom. The molecule has 4 aliphatic rings. The molecule has 1 amide bonds. The van der Waals surface area contributed by atoms with Crippen molar-refractivity contribution in [3.63, 3.8) is 0 Å². The Morgan fingerprint density at radius 1 is 1.00 bits per heavy atom. The molecule has 59 heavy (non-hydrogen) atoms. The van der Waals surface area contributed by atoms with Crippen LogP contribution in [0.1, 0.15) is 93.2 Å². The summed E-state index contributed by atoms with van der Waals surface area (Å²) < 4.78 is 31.5. The third kappa shape index (κ3) is 8.27. The second-order valence-corrected chi connectivity index (χ2v) is 18.2. The van der Waals surface area contributed by atoms with E-state index >= 15 is 0 Å². The van der Waals surface area contributed by atoms with Crippen molar-refractivity contribution in [3.8, 4) is 0 Å². The monoisotopic (exact) mass is 823 g/mol. The van der Waals surface area contributed by atoms with Gasteiger partial charge in [0.15, 0.2) is 23.3 Å². The van der Waals surface area contributed by atoms with Gasteiger partial charge in [-0.2, -0.15) is 0 Å². The minimum absolute atomic E-state index is 0.0150. The van der Waals surface area contributed by atoms with Crippen molar-refractivity contribution in [2.24, 2.45) is 23.7 Å². The second kappa shape index (κ2) is 17.4. The van der Waals surface area contributed by atoms with Crippen LogP contribution in [-0.2, 0) is 38.1 Å². The van der Waals surface area contributed by atoms with Crippen molar-refractivity contribution in [3.05, 3.63) is 36.2 Å². The second-order valence-electron chi connectivity index (χ2n) is 18.2. The Kier molecular flexibility index (Phi) is 13.3. The van der Waals surface area contributed by atoms with Crippen LogP contribution in [0.4, 0.5) is 4.79 Å². The Labute approximate surface area is 348 Å². The maximum atomic E-state index is 14.9. The summed E-state index contributed by atoms with van der Waals surface area (Å²) in [6, 6.07) is 4.49. The van der Waals surface area contributed by atoms with E-state index in [2.05, 4.69) is 21.8 Å². The summed E-state index contributed by atoms with van der Waals surface area (Å²) in [7, 11) is 5.25. The summed E-state index contributed by atoms with van der Waals surface area (Å²) >= 11 is 0. The van der Waals surface area contributed by atoms with Crippen LogP contribution >= 0.6 is 0 Å². The number of Topliss-reactive ketones (excluding diaryl/α,β-unsaturated/α-hetero) is 2. The number of cyclic esters (lactones) is 1. The molecule has 326 valence electrons. The van der Waals surface area contributed by atoms with Gasteiger partial charge in [-0.15, -0.1) is 0 Å². The highest BCUT2D eigenvalue weighted by molar-refractivity contribution is 6.00. The highest BCUT2D eigenvalue weighted by Crippen LogP contribution is 2.45. The predicted octanol–water partition coefficient (Wildman–Crippen LogP) is 4.58. The smallest absolute Gasteiger partial charge is 0.411 e. The molecule has 15 nitrogen and oxygen atoms in total. The maximum absolute atomic E-state index is 14.9. The molecule has 0 aliphatic carbocycles. The molecule has 1 unspecified atom stereocenters. The standard InChI is InChI=1S/C44H65N5O10/c1-13-33-44(9)37(49(42(54)59-44)29-21-48(22-29)28(7)30-16-18-46-39-31(30)15-14-17-45-39)25(4)34(50)23(2)20-43(8,55-12)38(26(5)35(51)27(6)40(53)57-33)58-41-36(52)32(47(10)11)19-24(3)56-41/h14-18,23-29,32-33,36-38,41,52H,13,19-22H2,1-12H3/t23-,24-,25+,26+,27-,28-,32+,33?,36-,37-,38-,41+,43-,44-/m1/s1. The zero-order valence-electron chi connectivity index (χ0n) is 36.8. The Hall–Kier alpha value is -3.60. The first-order valence-corrected chi connectivity index (χ1v) is 21.2. The van der Waals surface area contributed by atoms with Crippen LogP contribution in [0.2, 0.25) is 0 Å². The lowest BCUT2D eigenvalue weighted by molar-refractivity contribution is -0.295. The van der Waals surface area contributed by atoms with E-state index in [0.29, 0.717) is 25.2 Å². The third-order valence-corrected chi connectivity index (χ3v) is 13.9. The lowest BCUT2D eigenvalue weighted by Crippen LogP contribution is -2.66. The number of methoxy groups -OCH3 is 1. The third-order valence-electron chi connectivity index (χ3n) is 13.9. The highest BCUT2D eigenvalue weighted by Gasteiger charge is 2.63. The number of esters is 1. The van der Waals surface area contributed by atoms with Gasteiger partial charge in [0, 0.05) is 67.8 Å². The van der Waals surface area contributed by atoms with E-state index in [1.165, 1.54) is 14.0 Å². The molecule has 4 aliphatic heterocycles. The fraction of sp³-hybridized carbons (Fsp3) is 0.727. The lowest BCUT2D eigenvalue weighted by Gasteiger charge is -2.50. The number of pyridine rings is 2. The highest BCUT2D eigenvalue weighted by atomic mass is 16.7. The summed E-state index contributed by atoms with van der Waals surface area (Å²) in [6.07, 6.45) is -0.601. The summed E-state index contributed by atoms with van der Waals surface area (Å²) in [5, 5.41) is 12.4. The molecule has 6 rings (SSSR count). The number of amides is 1. The van der Waals surface area contributed by atoms with E-state index in [1.54, 1.807) is 38.1 Å². The summed E-state index contributed by atoms with van der Waals surface area (Å²) in [5.41, 5.74) is -0.960. The van der Waals surface area contributed by atoms with Crippen LogP contribution < -0.4 is 0 Å². The van der Waals surface area contributed by atoms with Crippen molar-refractivity contribution in [1.82, 2.24) is 24.7 Å². The van der Waals surface area contributed by atoms with E-state index in [0.717, 1.165) is 10.9 Å². The van der Waals surface area contributed by atoms with Crippen LogP contribution in [0, 0.1) is 23.7 Å². The van der Waals surface area contributed by atoms with E-state index in [-0.39, 0.29) is 42.9 Å². The SMILES string of the molecule is CCC1OC(=O)[C@H](C)C(=O)[C@H](C)[C@@H](O[C@@H]2O[C@H](C)C[C@H](N(C)C)[C@H]2O)[C@](C)(OC)C[C@@H](C)C(=O)[C@H](C)[C@H]2N(C3CN([C@H](C)c4ccnc5ncccc45)C3)C(=O)O[C@]12C. The predicted molar refractivity (Wildman–Crippen MR) is 218 cm³/mol.